The Morgan fingerprint density at radius 3 is 0.710 bits per heavy atom. The van der Waals surface area contributed by atoms with Crippen molar-refractivity contribution in [2.75, 3.05) is 31.9 Å². The molecule has 0 bridgehead atoms. The van der Waals surface area contributed by atoms with Crippen molar-refractivity contribution in [2.24, 2.45) is 0 Å². The molecular formula is C42H78N8O8S4. The average Bonchev–Trinajstić information content (AvgIpc) is 3.22. The first kappa shape index (κ1) is 59.6. The van der Waals surface area contributed by atoms with Crippen LogP contribution in [0.1, 0.15) is 205 Å². The van der Waals surface area contributed by atoms with E-state index in [2.05, 4.69) is 43.2 Å². The molecule has 0 saturated carbocycles. The smallest absolute Gasteiger partial charge is 0.215 e. The van der Waals surface area contributed by atoms with E-state index in [4.69, 9.17) is 21.0 Å². The minimum atomic E-state index is -5.48. The van der Waals surface area contributed by atoms with Crippen molar-refractivity contribution in [1.29, 1.82) is 21.0 Å². The van der Waals surface area contributed by atoms with Crippen LogP contribution in [0.5, 0.6) is 0 Å². The average molecular weight is 951 g/mol. The van der Waals surface area contributed by atoms with Gasteiger partial charge in [0.2, 0.25) is 10.0 Å². The third kappa shape index (κ3) is 27.0. The largest absolute Gasteiger partial charge is 0.328 e. The normalized spacial score (nSPS) is 12.4. The molecule has 0 saturated heterocycles. The Bertz CT molecular complexity index is 1630. The summed E-state index contributed by atoms with van der Waals surface area (Å²) >= 11 is 0. The minimum absolute atomic E-state index is 0.148. The van der Waals surface area contributed by atoms with E-state index in [-0.39, 0.29) is 45.4 Å². The molecule has 0 rings (SSSR count). The van der Waals surface area contributed by atoms with Crippen LogP contribution in [0.3, 0.4) is 0 Å². The van der Waals surface area contributed by atoms with Gasteiger partial charge in [-0.25, -0.2) is 52.6 Å². The lowest BCUT2D eigenvalue weighted by Gasteiger charge is -2.32. The molecule has 0 aromatic rings. The highest BCUT2D eigenvalue weighted by molar-refractivity contribution is 8.25. The van der Waals surface area contributed by atoms with Crippen molar-refractivity contribution in [3.05, 3.63) is 0 Å². The summed E-state index contributed by atoms with van der Waals surface area (Å²) in [6.07, 6.45) is 22.1. The Morgan fingerprint density at radius 2 is 0.484 bits per heavy atom. The first-order valence-electron chi connectivity index (χ1n) is 23.1. The van der Waals surface area contributed by atoms with Gasteiger partial charge in [0.25, 0.3) is 30.1 Å². The maximum Gasteiger partial charge on any atom is 0.328 e. The summed E-state index contributed by atoms with van der Waals surface area (Å²) in [5.41, 5.74) is 0. The van der Waals surface area contributed by atoms with Crippen LogP contribution in [0.2, 0.25) is 0 Å². The fraction of sp³-hybridized carbons (Fsp3) is 0.905. The molecule has 0 amide bonds. The zero-order valence-electron chi connectivity index (χ0n) is 37.4. The molecule has 0 aliphatic heterocycles. The van der Waals surface area contributed by atoms with Crippen molar-refractivity contribution in [1.82, 2.24) is 18.9 Å². The molecular weight excluding hydrogens is 873 g/mol. The van der Waals surface area contributed by atoms with Gasteiger partial charge < -0.3 is 0 Å². The highest BCUT2D eigenvalue weighted by Crippen LogP contribution is 2.32. The van der Waals surface area contributed by atoms with E-state index in [0.717, 1.165) is 128 Å². The predicted molar refractivity (Wildman–Crippen MR) is 245 cm³/mol. The Balaban J connectivity index is 6.31. The number of nitrogens with one attached hydrogen (secondary N) is 4. The van der Waals surface area contributed by atoms with Crippen LogP contribution in [-0.2, 0) is 40.1 Å². The zero-order valence-corrected chi connectivity index (χ0v) is 40.6. The third-order valence-corrected chi connectivity index (χ3v) is 21.3. The number of hydrogen-bond donors (Lipinski definition) is 4. The quantitative estimate of drug-likeness (QED) is 0.0424. The number of unbranched alkanes of at least 4 members (excludes halogenated alkanes) is 28. The summed E-state index contributed by atoms with van der Waals surface area (Å²) in [5.74, 6) is -1.78. The van der Waals surface area contributed by atoms with Gasteiger partial charge in [-0.15, -0.1) is 0 Å². The van der Waals surface area contributed by atoms with Crippen LogP contribution in [0, 0.1) is 45.3 Å². The van der Waals surface area contributed by atoms with Gasteiger partial charge in [0.15, 0.2) is 0 Å². The number of sulfonamides is 4. The van der Waals surface area contributed by atoms with E-state index in [1.165, 1.54) is 0 Å². The molecule has 20 heteroatoms. The monoisotopic (exact) mass is 950 g/mol. The van der Waals surface area contributed by atoms with Gasteiger partial charge in [0, 0.05) is 51.9 Å². The van der Waals surface area contributed by atoms with Gasteiger partial charge in [0.05, 0.1) is 24.3 Å². The van der Waals surface area contributed by atoms with Crippen LogP contribution >= 0.6 is 0 Å². The van der Waals surface area contributed by atoms with Crippen LogP contribution in [0.15, 0.2) is 0 Å². The van der Waals surface area contributed by atoms with E-state index in [0.29, 0.717) is 57.8 Å². The molecule has 4 N–H and O–H groups in total. The molecule has 0 aromatic carbocycles. The Kier molecular flexibility index (Phi) is 35.5. The van der Waals surface area contributed by atoms with Gasteiger partial charge in [-0.1, -0.05) is 128 Å². The summed E-state index contributed by atoms with van der Waals surface area (Å²) in [6.45, 7) is -1.08. The van der Waals surface area contributed by atoms with Gasteiger partial charge in [-0.05, 0) is 51.4 Å². The van der Waals surface area contributed by atoms with Crippen molar-refractivity contribution in [3.63, 3.8) is 0 Å². The number of hydrogen-bond acceptors (Lipinski definition) is 12. The fourth-order valence-corrected chi connectivity index (χ4v) is 17.7. The fourth-order valence-electron chi connectivity index (χ4n) is 6.98. The van der Waals surface area contributed by atoms with Crippen LogP contribution in [0.25, 0.3) is 0 Å². The number of rotatable bonds is 45. The number of nitriles is 4. The van der Waals surface area contributed by atoms with Gasteiger partial charge in [-0.3, -0.25) is 0 Å². The van der Waals surface area contributed by atoms with Crippen molar-refractivity contribution in [3.8, 4) is 24.3 Å². The van der Waals surface area contributed by atoms with E-state index < -0.39 is 49.3 Å². The van der Waals surface area contributed by atoms with Crippen molar-refractivity contribution < 1.29 is 33.7 Å². The molecule has 0 aromatic heterocycles. The second-order valence-electron chi connectivity index (χ2n) is 16.1. The first-order chi connectivity index (χ1) is 29.7. The molecule has 0 radical (unpaired) electrons. The minimum Gasteiger partial charge on any atom is -0.215 e. The maximum absolute atomic E-state index is 14.4. The predicted octanol–water partition coefficient (Wildman–Crippen LogP) is 7.90. The Morgan fingerprint density at radius 1 is 0.290 bits per heavy atom. The summed E-state index contributed by atoms with van der Waals surface area (Å²) in [4.78, 5) is 0. The molecule has 358 valence electrons. The van der Waals surface area contributed by atoms with Crippen molar-refractivity contribution >= 4 is 40.1 Å². The summed E-state index contributed by atoms with van der Waals surface area (Å²) in [5, 5.41) is 34.9. The summed E-state index contributed by atoms with van der Waals surface area (Å²) in [7, 11) is -21.3. The van der Waals surface area contributed by atoms with E-state index in [1.807, 2.05) is 0 Å². The first-order valence-corrected chi connectivity index (χ1v) is 29.2. The highest BCUT2D eigenvalue weighted by atomic mass is 32.3. The van der Waals surface area contributed by atoms with Gasteiger partial charge in [0.1, 0.15) is 5.75 Å². The molecule has 62 heavy (non-hydrogen) atoms. The summed E-state index contributed by atoms with van der Waals surface area (Å²) < 4.78 is 119. The van der Waals surface area contributed by atoms with Crippen LogP contribution < -0.4 is 18.9 Å². The molecule has 0 fully saturated rings. The third-order valence-electron chi connectivity index (χ3n) is 10.7. The van der Waals surface area contributed by atoms with Crippen LogP contribution in [0.4, 0.5) is 0 Å². The summed E-state index contributed by atoms with van der Waals surface area (Å²) in [6, 6.07) is 8.43. The number of nitrogens with zero attached hydrogens (tertiary/aromatic N) is 4. The molecule has 0 aliphatic rings. The van der Waals surface area contributed by atoms with Gasteiger partial charge >= 0.3 is 3.41 Å². The zero-order chi connectivity index (χ0) is 46.3. The second-order valence-corrected chi connectivity index (χ2v) is 24.6. The SMILES string of the molecule is N#CCCCCCCCCCNS(=O)(=O)CC(S(=O)(=O)NCCCCCCCCCC#N)(S(=O)(=O)NCCCCCCCCCC#N)S(=O)(=O)NCCCCCCCCCC#N. The topological polar surface area (TPSA) is 280 Å². The molecule has 0 heterocycles. The lowest BCUT2D eigenvalue weighted by Crippen LogP contribution is -2.67. The highest BCUT2D eigenvalue weighted by Gasteiger charge is 2.67. The van der Waals surface area contributed by atoms with Gasteiger partial charge in [-0.2, -0.15) is 21.0 Å². The lowest BCUT2D eigenvalue weighted by molar-refractivity contribution is 0.521. The lowest BCUT2D eigenvalue weighted by atomic mass is 10.1. The Labute approximate surface area is 377 Å². The van der Waals surface area contributed by atoms with Crippen LogP contribution in [-0.4, -0.2) is 69.0 Å². The maximum atomic E-state index is 14.4. The molecule has 0 spiro atoms. The van der Waals surface area contributed by atoms with E-state index in [1.54, 1.807) is 0 Å². The Hall–Kier alpha value is -2.40. The second kappa shape index (κ2) is 36.9. The van der Waals surface area contributed by atoms with E-state index >= 15 is 0 Å². The molecule has 16 nitrogen and oxygen atoms in total. The van der Waals surface area contributed by atoms with Crippen molar-refractivity contribution in [2.45, 2.75) is 209 Å². The standard InChI is InChI=1S/C42H78N8O8S4/c43-33-25-17-9-1-5-13-21-29-37-47-59(51,52)41-42(60(53,54)48-38-30-22-14-6-2-10-18-26-34-44,61(55,56)49-39-31-23-15-7-3-11-19-27-35-45)62(57,58)50-40-32-24-16-8-4-12-20-28-36-46/h47-50H,1-32,37-41H2. The molecule has 0 aliphatic carbocycles. The van der Waals surface area contributed by atoms with E-state index in [9.17, 15) is 33.7 Å². The molecule has 0 atom stereocenters. The molecule has 0 unspecified atom stereocenters.